The lowest BCUT2D eigenvalue weighted by Crippen LogP contribution is -2.41. The highest BCUT2D eigenvalue weighted by molar-refractivity contribution is 7.89. The van der Waals surface area contributed by atoms with E-state index in [4.69, 9.17) is 14.2 Å². The fourth-order valence-electron chi connectivity index (χ4n) is 3.40. The predicted octanol–water partition coefficient (Wildman–Crippen LogP) is 0.908. The molecule has 1 atom stereocenters. The van der Waals surface area contributed by atoms with Crippen molar-refractivity contribution in [2.24, 2.45) is 0 Å². The minimum absolute atomic E-state index is 0.145. The summed E-state index contributed by atoms with van der Waals surface area (Å²) in [6.07, 6.45) is -0.715. The van der Waals surface area contributed by atoms with Crippen LogP contribution in [0.2, 0.25) is 0 Å². The lowest BCUT2D eigenvalue weighted by atomic mass is 10.2. The molecular weight excluding hydrogens is 398 g/mol. The van der Waals surface area contributed by atoms with Crippen molar-refractivity contribution >= 4 is 27.3 Å². The van der Waals surface area contributed by atoms with E-state index in [2.05, 4.69) is 10.2 Å². The highest BCUT2D eigenvalue weighted by atomic mass is 32.2. The summed E-state index contributed by atoms with van der Waals surface area (Å²) in [5.41, 5.74) is 1.21. The molecule has 1 aromatic carbocycles. The van der Waals surface area contributed by atoms with Crippen LogP contribution >= 0.6 is 0 Å². The molecule has 162 valence electrons. The van der Waals surface area contributed by atoms with Gasteiger partial charge in [-0.3, -0.25) is 4.79 Å². The van der Waals surface area contributed by atoms with E-state index < -0.39 is 16.1 Å². The number of hydrogen-bond donors (Lipinski definition) is 1. The third-order valence-corrected chi connectivity index (χ3v) is 6.94. The molecule has 0 aromatic heterocycles. The van der Waals surface area contributed by atoms with Crippen LogP contribution in [0.1, 0.15) is 13.8 Å². The number of carbonyl (C=O) groups is 1. The number of amides is 1. The highest BCUT2D eigenvalue weighted by Gasteiger charge is 2.29. The molecule has 2 aliphatic heterocycles. The minimum Gasteiger partial charge on any atom is -0.379 e. The predicted molar refractivity (Wildman–Crippen MR) is 109 cm³/mol. The van der Waals surface area contributed by atoms with Gasteiger partial charge in [0.15, 0.2) is 6.10 Å². The summed E-state index contributed by atoms with van der Waals surface area (Å²) in [7, 11) is -3.67. The number of morpholine rings is 1. The molecule has 1 N–H and O–H groups in total. The van der Waals surface area contributed by atoms with Crippen LogP contribution < -0.4 is 10.2 Å². The Morgan fingerprint density at radius 3 is 2.48 bits per heavy atom. The molecular formula is C19H29N3O6S. The number of ether oxygens (including phenoxy) is 3. The van der Waals surface area contributed by atoms with Crippen LogP contribution in [0.5, 0.6) is 0 Å². The van der Waals surface area contributed by atoms with Crippen LogP contribution in [-0.2, 0) is 29.0 Å². The second-order valence-electron chi connectivity index (χ2n) is 6.79. The van der Waals surface area contributed by atoms with E-state index in [1.807, 2.05) is 13.8 Å². The first-order valence-corrected chi connectivity index (χ1v) is 11.4. The maximum absolute atomic E-state index is 13.0. The second-order valence-corrected chi connectivity index (χ2v) is 8.73. The number of carbonyl (C=O) groups excluding carboxylic acids is 1. The van der Waals surface area contributed by atoms with E-state index in [0.29, 0.717) is 45.2 Å². The SMILES string of the molecule is CCN(CC)c1ccc(S(=O)(=O)N2CCOCC2)cc1NC(=O)C1COCCO1. The zero-order valence-electron chi connectivity index (χ0n) is 16.9. The monoisotopic (exact) mass is 427 g/mol. The Morgan fingerprint density at radius 1 is 1.14 bits per heavy atom. The lowest BCUT2D eigenvalue weighted by molar-refractivity contribution is -0.142. The molecule has 1 unspecified atom stereocenters. The first kappa shape index (κ1) is 22.0. The van der Waals surface area contributed by atoms with E-state index in [1.54, 1.807) is 12.1 Å². The van der Waals surface area contributed by atoms with Crippen molar-refractivity contribution in [2.45, 2.75) is 24.8 Å². The van der Waals surface area contributed by atoms with Crippen LogP contribution in [0.3, 0.4) is 0 Å². The van der Waals surface area contributed by atoms with E-state index in [0.717, 1.165) is 18.8 Å². The van der Waals surface area contributed by atoms with Crippen molar-refractivity contribution in [3.8, 4) is 0 Å². The number of nitrogens with zero attached hydrogens (tertiary/aromatic N) is 2. The normalized spacial score (nSPS) is 21.0. The van der Waals surface area contributed by atoms with E-state index in [-0.39, 0.29) is 17.4 Å². The van der Waals surface area contributed by atoms with Crippen molar-refractivity contribution < 1.29 is 27.4 Å². The van der Waals surface area contributed by atoms with Crippen LogP contribution in [0.4, 0.5) is 11.4 Å². The summed E-state index contributed by atoms with van der Waals surface area (Å²) >= 11 is 0. The maximum atomic E-state index is 13.0. The van der Waals surface area contributed by atoms with Crippen LogP contribution in [-0.4, -0.2) is 83.9 Å². The molecule has 10 heteroatoms. The van der Waals surface area contributed by atoms with Crippen molar-refractivity contribution in [3.05, 3.63) is 18.2 Å². The van der Waals surface area contributed by atoms with Crippen LogP contribution in [0.15, 0.2) is 23.1 Å². The van der Waals surface area contributed by atoms with Gasteiger partial charge in [0, 0.05) is 26.2 Å². The van der Waals surface area contributed by atoms with E-state index in [1.165, 1.54) is 10.4 Å². The zero-order valence-corrected chi connectivity index (χ0v) is 17.7. The molecule has 3 rings (SSSR count). The fourth-order valence-corrected chi connectivity index (χ4v) is 4.84. The third kappa shape index (κ3) is 5.07. The van der Waals surface area contributed by atoms with Gasteiger partial charge in [-0.1, -0.05) is 0 Å². The Kier molecular flexibility index (Phi) is 7.47. The molecule has 0 bridgehead atoms. The molecule has 2 heterocycles. The summed E-state index contributed by atoms with van der Waals surface area (Å²) in [4.78, 5) is 14.9. The Bertz CT molecular complexity index is 800. The molecule has 9 nitrogen and oxygen atoms in total. The number of sulfonamides is 1. The molecule has 29 heavy (non-hydrogen) atoms. The van der Waals surface area contributed by atoms with Crippen molar-refractivity contribution in [1.82, 2.24) is 4.31 Å². The standard InChI is InChI=1S/C19H29N3O6S/c1-3-21(4-2)17-6-5-15(29(24,25)22-7-9-26-10-8-22)13-16(17)20-19(23)18-14-27-11-12-28-18/h5-6,13,18H,3-4,7-12,14H2,1-2H3,(H,20,23). The smallest absolute Gasteiger partial charge is 0.255 e. The first-order chi connectivity index (χ1) is 14.0. The van der Waals surface area contributed by atoms with Crippen LogP contribution in [0, 0.1) is 0 Å². The molecule has 0 saturated carbocycles. The Hall–Kier alpha value is -1.72. The lowest BCUT2D eigenvalue weighted by Gasteiger charge is -2.28. The maximum Gasteiger partial charge on any atom is 0.255 e. The van der Waals surface area contributed by atoms with E-state index in [9.17, 15) is 13.2 Å². The number of benzene rings is 1. The largest absolute Gasteiger partial charge is 0.379 e. The quantitative estimate of drug-likeness (QED) is 0.691. The summed E-state index contributed by atoms with van der Waals surface area (Å²) in [5.74, 6) is -0.348. The molecule has 0 spiro atoms. The minimum atomic E-state index is -3.67. The number of nitrogens with one attached hydrogen (secondary N) is 1. The molecule has 2 saturated heterocycles. The number of rotatable bonds is 7. The van der Waals surface area contributed by atoms with Gasteiger partial charge in [0.2, 0.25) is 10.0 Å². The van der Waals surface area contributed by atoms with Gasteiger partial charge >= 0.3 is 0 Å². The van der Waals surface area contributed by atoms with Crippen molar-refractivity contribution in [2.75, 3.05) is 69.4 Å². The van der Waals surface area contributed by atoms with Crippen molar-refractivity contribution in [3.63, 3.8) is 0 Å². The summed E-state index contributed by atoms with van der Waals surface area (Å²) < 4.78 is 43.5. The van der Waals surface area contributed by atoms with Crippen molar-refractivity contribution in [1.29, 1.82) is 0 Å². The van der Waals surface area contributed by atoms with Gasteiger partial charge in [0.25, 0.3) is 5.91 Å². The fraction of sp³-hybridized carbons (Fsp3) is 0.632. The molecule has 1 aromatic rings. The molecule has 2 aliphatic rings. The Balaban J connectivity index is 1.91. The second kappa shape index (κ2) is 9.86. The number of anilines is 2. The van der Waals surface area contributed by atoms with Gasteiger partial charge in [0.05, 0.1) is 49.3 Å². The topological polar surface area (TPSA) is 97.4 Å². The van der Waals surface area contributed by atoms with Crippen LogP contribution in [0.25, 0.3) is 0 Å². The van der Waals surface area contributed by atoms with Gasteiger partial charge in [-0.2, -0.15) is 4.31 Å². The van der Waals surface area contributed by atoms with Gasteiger partial charge in [0.1, 0.15) is 0 Å². The molecule has 0 aliphatic carbocycles. The van der Waals surface area contributed by atoms with Gasteiger partial charge < -0.3 is 24.4 Å². The van der Waals surface area contributed by atoms with Gasteiger partial charge in [-0.15, -0.1) is 0 Å². The third-order valence-electron chi connectivity index (χ3n) is 5.05. The molecule has 2 fully saturated rings. The van der Waals surface area contributed by atoms with Gasteiger partial charge in [-0.05, 0) is 32.0 Å². The zero-order chi connectivity index (χ0) is 20.9. The number of hydrogen-bond acceptors (Lipinski definition) is 7. The van der Waals surface area contributed by atoms with E-state index >= 15 is 0 Å². The first-order valence-electron chi connectivity index (χ1n) is 9.94. The Morgan fingerprint density at radius 2 is 1.86 bits per heavy atom. The molecule has 0 radical (unpaired) electrons. The average Bonchev–Trinajstić information content (AvgIpc) is 2.76. The highest BCUT2D eigenvalue weighted by Crippen LogP contribution is 2.31. The summed E-state index contributed by atoms with van der Waals surface area (Å²) in [5, 5.41) is 2.85. The average molecular weight is 428 g/mol. The molecule has 1 amide bonds. The Labute approximate surface area is 171 Å². The summed E-state index contributed by atoms with van der Waals surface area (Å²) in [6, 6.07) is 4.86. The summed E-state index contributed by atoms with van der Waals surface area (Å²) in [6.45, 7) is 7.82. The van der Waals surface area contributed by atoms with Gasteiger partial charge in [-0.25, -0.2) is 8.42 Å².